The van der Waals surface area contributed by atoms with Crippen LogP contribution in [0.3, 0.4) is 0 Å². The highest BCUT2D eigenvalue weighted by molar-refractivity contribution is 9.10. The Balaban J connectivity index is 1.84. The van der Waals surface area contributed by atoms with Gasteiger partial charge in [0, 0.05) is 21.2 Å². The predicted octanol–water partition coefficient (Wildman–Crippen LogP) is 6.30. The van der Waals surface area contributed by atoms with Gasteiger partial charge in [-0.05, 0) is 61.0 Å². The van der Waals surface area contributed by atoms with Crippen molar-refractivity contribution in [1.82, 2.24) is 4.57 Å². The molecule has 1 aromatic heterocycles. The molecule has 28 heavy (non-hydrogen) atoms. The molecule has 4 rings (SSSR count). The maximum atomic E-state index is 13.1. The van der Waals surface area contributed by atoms with Crippen LogP contribution in [0.5, 0.6) is 5.75 Å². The second kappa shape index (κ2) is 7.49. The molecule has 3 aromatic carbocycles. The molecule has 4 aromatic rings. The average Bonchev–Trinajstić information content (AvgIpc) is 2.99. The molecule has 1 N–H and O–H groups in total. The van der Waals surface area contributed by atoms with E-state index >= 15 is 0 Å². The minimum Gasteiger partial charge on any atom is -0.508 e. The van der Waals surface area contributed by atoms with E-state index in [9.17, 15) is 9.90 Å². The van der Waals surface area contributed by atoms with Gasteiger partial charge in [0.25, 0.3) is 0 Å². The van der Waals surface area contributed by atoms with Crippen molar-refractivity contribution < 1.29 is 9.90 Å². The Bertz CT molecular complexity index is 1190. The highest BCUT2D eigenvalue weighted by Gasteiger charge is 2.19. The van der Waals surface area contributed by atoms with Crippen molar-refractivity contribution in [3.05, 3.63) is 100 Å². The first-order valence-electron chi connectivity index (χ1n) is 8.92. The van der Waals surface area contributed by atoms with E-state index in [1.165, 1.54) is 0 Å². The van der Waals surface area contributed by atoms with Crippen molar-refractivity contribution in [3.8, 4) is 11.4 Å². The van der Waals surface area contributed by atoms with E-state index in [1.54, 1.807) is 18.2 Å². The van der Waals surface area contributed by atoms with Crippen molar-refractivity contribution in [2.24, 2.45) is 0 Å². The molecule has 0 bridgehead atoms. The summed E-state index contributed by atoms with van der Waals surface area (Å²) in [6.45, 7) is 1.94. The zero-order valence-electron chi connectivity index (χ0n) is 15.3. The standard InChI is InChI=1S/C24H18BrNO2/c1-16-24(23(28)14-9-17-7-10-18(25)11-8-17)21-15-20(27)12-13-22(21)26(16)19-5-3-2-4-6-19/h2-15,27H,1H3. The first-order chi connectivity index (χ1) is 13.5. The molecule has 1 heterocycles. The predicted molar refractivity (Wildman–Crippen MR) is 117 cm³/mol. The fourth-order valence-electron chi connectivity index (χ4n) is 3.46. The number of halogens is 1. The lowest BCUT2D eigenvalue weighted by Gasteiger charge is -2.08. The smallest absolute Gasteiger partial charge is 0.188 e. The van der Waals surface area contributed by atoms with Gasteiger partial charge in [0.05, 0.1) is 11.1 Å². The van der Waals surface area contributed by atoms with Gasteiger partial charge >= 0.3 is 0 Å². The van der Waals surface area contributed by atoms with Crippen molar-refractivity contribution >= 4 is 38.7 Å². The van der Waals surface area contributed by atoms with Crippen LogP contribution in [0.15, 0.2) is 83.3 Å². The SMILES string of the molecule is Cc1c(C(=O)C=Cc2ccc(Br)cc2)c2cc(O)ccc2n1-c1ccccc1. The van der Waals surface area contributed by atoms with Gasteiger partial charge in [-0.25, -0.2) is 0 Å². The number of fused-ring (bicyclic) bond motifs is 1. The number of aromatic hydroxyl groups is 1. The monoisotopic (exact) mass is 431 g/mol. The Morgan fingerprint density at radius 2 is 1.71 bits per heavy atom. The van der Waals surface area contributed by atoms with Crippen LogP contribution in [0.25, 0.3) is 22.7 Å². The third-order valence-electron chi connectivity index (χ3n) is 4.75. The van der Waals surface area contributed by atoms with E-state index < -0.39 is 0 Å². The van der Waals surface area contributed by atoms with Crippen LogP contribution < -0.4 is 0 Å². The van der Waals surface area contributed by atoms with Gasteiger partial charge in [-0.1, -0.05) is 52.3 Å². The number of para-hydroxylation sites is 1. The number of aromatic nitrogens is 1. The molecule has 0 aliphatic heterocycles. The number of allylic oxidation sites excluding steroid dienone is 1. The molecule has 3 nitrogen and oxygen atoms in total. The van der Waals surface area contributed by atoms with Gasteiger partial charge in [0.2, 0.25) is 0 Å². The summed E-state index contributed by atoms with van der Waals surface area (Å²) in [4.78, 5) is 13.1. The molecule has 0 aliphatic rings. The van der Waals surface area contributed by atoms with Gasteiger partial charge in [0.1, 0.15) is 5.75 Å². The fraction of sp³-hybridized carbons (Fsp3) is 0.0417. The zero-order chi connectivity index (χ0) is 19.7. The largest absolute Gasteiger partial charge is 0.508 e. The Morgan fingerprint density at radius 3 is 2.43 bits per heavy atom. The lowest BCUT2D eigenvalue weighted by molar-refractivity contribution is 0.104. The molecule has 0 spiro atoms. The van der Waals surface area contributed by atoms with Gasteiger partial charge in [-0.3, -0.25) is 4.79 Å². The number of rotatable bonds is 4. The van der Waals surface area contributed by atoms with Crippen LogP contribution in [0, 0.1) is 6.92 Å². The molecule has 0 atom stereocenters. The third kappa shape index (κ3) is 3.39. The average molecular weight is 432 g/mol. The number of phenols is 1. The van der Waals surface area contributed by atoms with Crippen molar-refractivity contribution in [2.45, 2.75) is 6.92 Å². The number of carbonyl (C=O) groups excluding carboxylic acids is 1. The summed E-state index contributed by atoms with van der Waals surface area (Å²) in [6.07, 6.45) is 3.40. The molecular formula is C24H18BrNO2. The minimum atomic E-state index is -0.0919. The van der Waals surface area contributed by atoms with Gasteiger partial charge in [-0.15, -0.1) is 0 Å². The summed E-state index contributed by atoms with van der Waals surface area (Å²) in [5, 5.41) is 10.7. The lowest BCUT2D eigenvalue weighted by Crippen LogP contribution is -2.00. The summed E-state index contributed by atoms with van der Waals surface area (Å²) in [5.74, 6) is 0.0503. The normalized spacial score (nSPS) is 11.4. The molecule has 4 heteroatoms. The fourth-order valence-corrected chi connectivity index (χ4v) is 3.72. The molecule has 0 radical (unpaired) electrons. The summed E-state index contributed by atoms with van der Waals surface area (Å²) < 4.78 is 3.04. The quantitative estimate of drug-likeness (QED) is 0.304. The summed E-state index contributed by atoms with van der Waals surface area (Å²) in [7, 11) is 0. The summed E-state index contributed by atoms with van der Waals surface area (Å²) in [5.41, 5.74) is 4.26. The Hall–Kier alpha value is -3.11. The van der Waals surface area contributed by atoms with Crippen molar-refractivity contribution in [2.75, 3.05) is 0 Å². The highest BCUT2D eigenvalue weighted by Crippen LogP contribution is 2.32. The first-order valence-corrected chi connectivity index (χ1v) is 9.71. The number of hydrogen-bond acceptors (Lipinski definition) is 2. The van der Waals surface area contributed by atoms with Crippen molar-refractivity contribution in [1.29, 1.82) is 0 Å². The molecule has 0 unspecified atom stereocenters. The number of nitrogens with zero attached hydrogens (tertiary/aromatic N) is 1. The second-order valence-electron chi connectivity index (χ2n) is 6.58. The zero-order valence-corrected chi connectivity index (χ0v) is 16.8. The topological polar surface area (TPSA) is 42.2 Å². The Kier molecular flexibility index (Phi) is 4.88. The van der Waals surface area contributed by atoms with Gasteiger partial charge in [-0.2, -0.15) is 0 Å². The van der Waals surface area contributed by atoms with E-state index in [0.29, 0.717) is 5.56 Å². The molecule has 0 aliphatic carbocycles. The Morgan fingerprint density at radius 1 is 1.00 bits per heavy atom. The van der Waals surface area contributed by atoms with Gasteiger partial charge < -0.3 is 9.67 Å². The van der Waals surface area contributed by atoms with E-state index in [4.69, 9.17) is 0 Å². The highest BCUT2D eigenvalue weighted by atomic mass is 79.9. The lowest BCUT2D eigenvalue weighted by atomic mass is 10.1. The van der Waals surface area contributed by atoms with Crippen LogP contribution in [0.4, 0.5) is 0 Å². The Labute approximate surface area is 171 Å². The van der Waals surface area contributed by atoms with Gasteiger partial charge in [0.15, 0.2) is 5.78 Å². The van der Waals surface area contributed by atoms with E-state index in [2.05, 4.69) is 20.5 Å². The van der Waals surface area contributed by atoms with Crippen LogP contribution in [0.1, 0.15) is 21.6 Å². The summed E-state index contributed by atoms with van der Waals surface area (Å²) >= 11 is 3.41. The van der Waals surface area contributed by atoms with E-state index in [0.717, 1.165) is 32.3 Å². The molecule has 0 saturated heterocycles. The van der Waals surface area contributed by atoms with Crippen LogP contribution in [-0.2, 0) is 0 Å². The summed E-state index contributed by atoms with van der Waals surface area (Å²) in [6, 6.07) is 22.8. The minimum absolute atomic E-state index is 0.0919. The number of phenolic OH excluding ortho intramolecular Hbond substituents is 1. The number of benzene rings is 3. The van der Waals surface area contributed by atoms with E-state index in [-0.39, 0.29) is 11.5 Å². The molecular weight excluding hydrogens is 414 g/mol. The molecule has 0 saturated carbocycles. The van der Waals surface area contributed by atoms with E-state index in [1.807, 2.05) is 73.7 Å². The maximum absolute atomic E-state index is 13.1. The van der Waals surface area contributed by atoms with Crippen LogP contribution >= 0.6 is 15.9 Å². The number of carbonyl (C=O) groups is 1. The molecule has 0 fully saturated rings. The van der Waals surface area contributed by atoms with Crippen LogP contribution in [-0.4, -0.2) is 15.5 Å². The molecule has 138 valence electrons. The second-order valence-corrected chi connectivity index (χ2v) is 7.50. The number of ketones is 1. The first kappa shape index (κ1) is 18.3. The maximum Gasteiger partial charge on any atom is 0.188 e. The third-order valence-corrected chi connectivity index (χ3v) is 5.27. The van der Waals surface area contributed by atoms with Crippen molar-refractivity contribution in [3.63, 3.8) is 0 Å². The number of hydrogen-bond donors (Lipinski definition) is 1. The molecule has 0 amide bonds. The van der Waals surface area contributed by atoms with Crippen LogP contribution in [0.2, 0.25) is 0 Å².